The van der Waals surface area contributed by atoms with Crippen molar-refractivity contribution in [3.05, 3.63) is 128 Å². The first-order valence-corrected chi connectivity index (χ1v) is 9.90. The van der Waals surface area contributed by atoms with E-state index in [9.17, 15) is 25.0 Å². The van der Waals surface area contributed by atoms with Crippen LogP contribution in [0.4, 0.5) is 11.5 Å². The van der Waals surface area contributed by atoms with E-state index in [-0.39, 0.29) is 34.3 Å². The molecule has 0 aliphatic carbocycles. The van der Waals surface area contributed by atoms with Gasteiger partial charge in [-0.15, -0.1) is 0 Å². The van der Waals surface area contributed by atoms with Crippen LogP contribution in [0.2, 0.25) is 0 Å². The van der Waals surface area contributed by atoms with Crippen LogP contribution in [-0.2, 0) is 0 Å². The molecule has 0 atom stereocenters. The number of benzene rings is 2. The molecule has 0 saturated heterocycles. The van der Waals surface area contributed by atoms with Gasteiger partial charge in [0.2, 0.25) is 5.96 Å². The van der Waals surface area contributed by atoms with E-state index >= 15 is 0 Å². The highest BCUT2D eigenvalue weighted by Crippen LogP contribution is 2.27. The van der Waals surface area contributed by atoms with E-state index in [2.05, 4.69) is 15.3 Å². The second-order valence-corrected chi connectivity index (χ2v) is 6.95. The van der Waals surface area contributed by atoms with Crippen LogP contribution in [0.5, 0.6) is 0 Å². The summed E-state index contributed by atoms with van der Waals surface area (Å²) in [4.78, 5) is 44.4. The molecule has 0 saturated carbocycles. The van der Waals surface area contributed by atoms with Crippen molar-refractivity contribution in [2.75, 3.05) is 4.90 Å². The summed E-state index contributed by atoms with van der Waals surface area (Å²) in [5.41, 5.74) is 0.543. The zero-order valence-corrected chi connectivity index (χ0v) is 17.4. The van der Waals surface area contributed by atoms with Gasteiger partial charge >= 0.3 is 0 Å². The van der Waals surface area contributed by atoms with Crippen LogP contribution in [0.1, 0.15) is 15.9 Å². The number of anilines is 1. The SMILES string of the molecule is O=C(NC1=NC=C(c2ccccc2)C([N+](=O)[O-])=CN1c1ccccn1)c1ccc([N+](=O)[O-])cc1. The molecule has 3 aromatic rings. The number of carbonyl (C=O) groups excluding carboxylic acids is 1. The summed E-state index contributed by atoms with van der Waals surface area (Å²) < 4.78 is 0. The lowest BCUT2D eigenvalue weighted by molar-refractivity contribution is -0.417. The average molecular weight is 456 g/mol. The summed E-state index contributed by atoms with van der Waals surface area (Å²) in [7, 11) is 0. The van der Waals surface area contributed by atoms with Crippen molar-refractivity contribution < 1.29 is 14.6 Å². The van der Waals surface area contributed by atoms with Gasteiger partial charge < -0.3 is 0 Å². The Bertz CT molecular complexity index is 1340. The Balaban J connectivity index is 1.77. The Morgan fingerprint density at radius 2 is 1.59 bits per heavy atom. The second-order valence-electron chi connectivity index (χ2n) is 6.95. The second kappa shape index (κ2) is 9.53. The number of hydrogen-bond donors (Lipinski definition) is 1. The van der Waals surface area contributed by atoms with Crippen LogP contribution in [0, 0.1) is 20.2 Å². The molecule has 1 aromatic heterocycles. The maximum absolute atomic E-state index is 12.9. The van der Waals surface area contributed by atoms with Crippen molar-refractivity contribution in [3.63, 3.8) is 0 Å². The van der Waals surface area contributed by atoms with Gasteiger partial charge in [-0.3, -0.25) is 35.2 Å². The van der Waals surface area contributed by atoms with Gasteiger partial charge in [-0.05, 0) is 29.8 Å². The van der Waals surface area contributed by atoms with Crippen molar-refractivity contribution in [2.24, 2.45) is 4.99 Å². The molecule has 11 nitrogen and oxygen atoms in total. The monoisotopic (exact) mass is 456 g/mol. The summed E-state index contributed by atoms with van der Waals surface area (Å²) in [5.74, 6) is -0.359. The third-order valence-corrected chi connectivity index (χ3v) is 4.81. The summed E-state index contributed by atoms with van der Waals surface area (Å²) in [5, 5.41) is 25.5. The number of hydrogen-bond acceptors (Lipinski definition) is 8. The molecular formula is C23H16N6O5. The van der Waals surface area contributed by atoms with E-state index in [1.807, 2.05) is 0 Å². The zero-order valence-electron chi connectivity index (χ0n) is 17.4. The number of allylic oxidation sites excluding steroid dienone is 1. The third kappa shape index (κ3) is 4.67. The molecule has 1 amide bonds. The summed E-state index contributed by atoms with van der Waals surface area (Å²) in [6.07, 6.45) is 4.04. The normalized spacial score (nSPS) is 13.2. The van der Waals surface area contributed by atoms with E-state index in [0.29, 0.717) is 5.56 Å². The molecular weight excluding hydrogens is 440 g/mol. The number of rotatable bonds is 5. The first-order chi connectivity index (χ1) is 16.4. The molecule has 2 heterocycles. The van der Waals surface area contributed by atoms with E-state index in [4.69, 9.17) is 0 Å². The molecule has 0 fully saturated rings. The fourth-order valence-corrected chi connectivity index (χ4v) is 3.16. The number of non-ortho nitro benzene ring substituents is 1. The topological polar surface area (TPSA) is 144 Å². The number of nitro benzene ring substituents is 1. The Kier molecular flexibility index (Phi) is 6.17. The lowest BCUT2D eigenvalue weighted by Crippen LogP contribution is -2.42. The van der Waals surface area contributed by atoms with E-state index in [0.717, 1.165) is 0 Å². The third-order valence-electron chi connectivity index (χ3n) is 4.81. The number of aliphatic imine (C=N–C) groups is 1. The first kappa shape index (κ1) is 22.0. The Morgan fingerprint density at radius 1 is 0.882 bits per heavy atom. The quantitative estimate of drug-likeness (QED) is 0.455. The number of nitrogens with zero attached hydrogens (tertiary/aromatic N) is 5. The number of amides is 1. The molecule has 0 spiro atoms. The summed E-state index contributed by atoms with van der Waals surface area (Å²) >= 11 is 0. The Hall–Kier alpha value is -5.19. The minimum absolute atomic E-state index is 0.0349. The predicted octanol–water partition coefficient (Wildman–Crippen LogP) is 3.76. The average Bonchev–Trinajstić information content (AvgIpc) is 3.05. The van der Waals surface area contributed by atoms with Crippen LogP contribution in [0.3, 0.4) is 0 Å². The number of aromatic nitrogens is 1. The number of guanidine groups is 1. The van der Waals surface area contributed by atoms with E-state index in [1.165, 1.54) is 47.8 Å². The minimum Gasteiger partial charge on any atom is -0.291 e. The van der Waals surface area contributed by atoms with Gasteiger partial charge in [-0.25, -0.2) is 9.98 Å². The minimum atomic E-state index is -0.609. The molecule has 0 unspecified atom stereocenters. The highest BCUT2D eigenvalue weighted by Gasteiger charge is 2.27. The van der Waals surface area contributed by atoms with Crippen LogP contribution in [-0.4, -0.2) is 26.7 Å². The first-order valence-electron chi connectivity index (χ1n) is 9.90. The predicted molar refractivity (Wildman–Crippen MR) is 124 cm³/mol. The molecule has 1 aliphatic rings. The number of nitro groups is 2. The van der Waals surface area contributed by atoms with Gasteiger partial charge in [0.15, 0.2) is 0 Å². The van der Waals surface area contributed by atoms with Crippen LogP contribution < -0.4 is 10.2 Å². The van der Waals surface area contributed by atoms with Gasteiger partial charge in [-0.1, -0.05) is 36.4 Å². The molecule has 0 radical (unpaired) electrons. The number of nitrogens with one attached hydrogen (secondary N) is 1. The maximum atomic E-state index is 12.9. The summed E-state index contributed by atoms with van der Waals surface area (Å²) in [6.45, 7) is 0. The fourth-order valence-electron chi connectivity index (χ4n) is 3.16. The van der Waals surface area contributed by atoms with Crippen molar-refractivity contribution in [1.82, 2.24) is 10.3 Å². The fraction of sp³-hybridized carbons (Fsp3) is 0. The molecule has 1 N–H and O–H groups in total. The van der Waals surface area contributed by atoms with Crippen molar-refractivity contribution in [3.8, 4) is 0 Å². The maximum Gasteiger partial charge on any atom is 0.295 e. The lowest BCUT2D eigenvalue weighted by atomic mass is 10.0. The Morgan fingerprint density at radius 3 is 2.21 bits per heavy atom. The highest BCUT2D eigenvalue weighted by atomic mass is 16.6. The van der Waals surface area contributed by atoms with Crippen LogP contribution in [0.15, 0.2) is 102 Å². The van der Waals surface area contributed by atoms with Crippen molar-refractivity contribution in [1.29, 1.82) is 0 Å². The van der Waals surface area contributed by atoms with Crippen molar-refractivity contribution in [2.45, 2.75) is 0 Å². The molecule has 0 bridgehead atoms. The highest BCUT2D eigenvalue weighted by molar-refractivity contribution is 6.12. The Labute approximate surface area is 192 Å². The van der Waals surface area contributed by atoms with Gasteiger partial charge in [0.05, 0.1) is 21.6 Å². The molecule has 168 valence electrons. The van der Waals surface area contributed by atoms with Crippen molar-refractivity contribution >= 4 is 28.9 Å². The zero-order chi connectivity index (χ0) is 24.1. The van der Waals surface area contributed by atoms with Gasteiger partial charge in [0.1, 0.15) is 5.82 Å². The molecule has 11 heteroatoms. The number of pyridine rings is 1. The molecule has 1 aliphatic heterocycles. The molecule has 2 aromatic carbocycles. The summed E-state index contributed by atoms with van der Waals surface area (Å²) in [6, 6.07) is 18.7. The van der Waals surface area contributed by atoms with E-state index in [1.54, 1.807) is 48.5 Å². The lowest BCUT2D eigenvalue weighted by Gasteiger charge is -2.20. The van der Waals surface area contributed by atoms with Crippen LogP contribution in [0.25, 0.3) is 5.57 Å². The van der Waals surface area contributed by atoms with Gasteiger partial charge in [0.25, 0.3) is 17.3 Å². The molecule has 4 rings (SSSR count). The van der Waals surface area contributed by atoms with E-state index < -0.39 is 15.8 Å². The largest absolute Gasteiger partial charge is 0.295 e. The smallest absolute Gasteiger partial charge is 0.291 e. The van der Waals surface area contributed by atoms with Gasteiger partial charge in [0, 0.05) is 30.1 Å². The van der Waals surface area contributed by atoms with Crippen LogP contribution >= 0.6 is 0 Å². The number of carbonyl (C=O) groups is 1. The standard InChI is InChI=1S/C23H16N6O5/c30-22(17-9-11-18(12-10-17)28(31)32)26-23-25-14-19(16-6-2-1-3-7-16)20(29(33)34)15-27(23)21-8-4-5-13-24-21/h1-15H,(H,25,26,30). The van der Waals surface area contributed by atoms with Gasteiger partial charge in [-0.2, -0.15) is 0 Å². The molecule has 34 heavy (non-hydrogen) atoms.